The first-order valence-corrected chi connectivity index (χ1v) is 7.01. The molecule has 1 aromatic carbocycles. The third kappa shape index (κ3) is 3.08. The molecule has 0 aliphatic carbocycles. The molecule has 1 N–H and O–H groups in total. The van der Waals surface area contributed by atoms with Crippen LogP contribution < -0.4 is 5.32 Å². The Kier molecular flexibility index (Phi) is 4.09. The summed E-state index contributed by atoms with van der Waals surface area (Å²) < 4.78 is 18.4. The van der Waals surface area contributed by atoms with Crippen molar-refractivity contribution in [1.82, 2.24) is 15.1 Å². The minimum absolute atomic E-state index is 0.159. The summed E-state index contributed by atoms with van der Waals surface area (Å²) in [5.74, 6) is -0.599. The van der Waals surface area contributed by atoms with Crippen LogP contribution >= 0.6 is 0 Å². The van der Waals surface area contributed by atoms with E-state index in [1.54, 1.807) is 12.1 Å². The predicted molar refractivity (Wildman–Crippen MR) is 81.3 cm³/mol. The highest BCUT2D eigenvalue weighted by Gasteiger charge is 2.20. The second-order valence-electron chi connectivity index (χ2n) is 4.74. The van der Waals surface area contributed by atoms with Crippen molar-refractivity contribution in [3.63, 3.8) is 0 Å². The highest BCUT2D eigenvalue weighted by molar-refractivity contribution is 6.03. The van der Waals surface area contributed by atoms with Gasteiger partial charge in [0, 0.05) is 12.4 Å². The Morgan fingerprint density at radius 2 is 2.04 bits per heavy atom. The predicted octanol–water partition coefficient (Wildman–Crippen LogP) is 3.09. The number of carbonyl (C=O) groups excluding carboxylic acids is 1. The Bertz CT molecular complexity index is 816. The SMILES string of the molecule is CCc1noc(NC(=O)c2cnccn2)c1-c1ccc(F)cc1. The third-order valence-corrected chi connectivity index (χ3v) is 3.25. The molecular formula is C16H13FN4O2. The van der Waals surface area contributed by atoms with E-state index in [2.05, 4.69) is 20.4 Å². The number of hydrogen-bond acceptors (Lipinski definition) is 5. The van der Waals surface area contributed by atoms with Gasteiger partial charge in [-0.1, -0.05) is 24.2 Å². The van der Waals surface area contributed by atoms with Gasteiger partial charge in [0.05, 0.1) is 17.5 Å². The molecule has 116 valence electrons. The van der Waals surface area contributed by atoms with Crippen LogP contribution in [0.25, 0.3) is 11.1 Å². The van der Waals surface area contributed by atoms with Gasteiger partial charge in [-0.15, -0.1) is 0 Å². The zero-order chi connectivity index (χ0) is 16.2. The van der Waals surface area contributed by atoms with Crippen molar-refractivity contribution < 1.29 is 13.7 Å². The number of benzene rings is 1. The number of rotatable bonds is 4. The quantitative estimate of drug-likeness (QED) is 0.800. The summed E-state index contributed by atoms with van der Waals surface area (Å²) in [5.41, 5.74) is 2.17. The molecule has 3 aromatic rings. The first-order chi connectivity index (χ1) is 11.2. The van der Waals surface area contributed by atoms with Crippen molar-refractivity contribution in [3.8, 4) is 11.1 Å². The summed E-state index contributed by atoms with van der Waals surface area (Å²) in [4.78, 5) is 20.0. The molecule has 0 saturated heterocycles. The Morgan fingerprint density at radius 3 is 2.70 bits per heavy atom. The number of carbonyl (C=O) groups is 1. The fraction of sp³-hybridized carbons (Fsp3) is 0.125. The lowest BCUT2D eigenvalue weighted by molar-refractivity contribution is 0.101. The largest absolute Gasteiger partial charge is 0.337 e. The van der Waals surface area contributed by atoms with E-state index in [4.69, 9.17) is 4.52 Å². The van der Waals surface area contributed by atoms with Crippen molar-refractivity contribution in [2.75, 3.05) is 5.32 Å². The molecule has 3 rings (SSSR count). The van der Waals surface area contributed by atoms with E-state index >= 15 is 0 Å². The lowest BCUT2D eigenvalue weighted by Crippen LogP contribution is -2.14. The molecule has 0 aliphatic rings. The van der Waals surface area contributed by atoms with E-state index in [1.165, 1.54) is 30.7 Å². The fourth-order valence-corrected chi connectivity index (χ4v) is 2.15. The van der Waals surface area contributed by atoms with Crippen LogP contribution in [0.5, 0.6) is 0 Å². The molecule has 0 bridgehead atoms. The molecule has 0 spiro atoms. The summed E-state index contributed by atoms with van der Waals surface area (Å²) in [6, 6.07) is 5.91. The second kappa shape index (κ2) is 6.35. The van der Waals surface area contributed by atoms with Crippen LogP contribution in [0.15, 0.2) is 47.4 Å². The molecule has 0 fully saturated rings. The molecule has 0 atom stereocenters. The van der Waals surface area contributed by atoms with Gasteiger partial charge >= 0.3 is 0 Å². The lowest BCUT2D eigenvalue weighted by Gasteiger charge is -2.05. The van der Waals surface area contributed by atoms with E-state index in [0.29, 0.717) is 23.2 Å². The average molecular weight is 312 g/mol. The molecular weight excluding hydrogens is 299 g/mol. The van der Waals surface area contributed by atoms with Crippen molar-refractivity contribution in [2.24, 2.45) is 0 Å². The van der Waals surface area contributed by atoms with Crippen molar-refractivity contribution >= 4 is 11.8 Å². The number of anilines is 1. The first kappa shape index (κ1) is 14.8. The van der Waals surface area contributed by atoms with Gasteiger partial charge in [-0.2, -0.15) is 0 Å². The first-order valence-electron chi connectivity index (χ1n) is 7.01. The van der Waals surface area contributed by atoms with Crippen molar-refractivity contribution in [2.45, 2.75) is 13.3 Å². The maximum Gasteiger partial charge on any atom is 0.278 e. The zero-order valence-corrected chi connectivity index (χ0v) is 12.3. The maximum absolute atomic E-state index is 13.1. The minimum Gasteiger partial charge on any atom is -0.337 e. The number of nitrogens with zero attached hydrogens (tertiary/aromatic N) is 3. The minimum atomic E-state index is -0.458. The van der Waals surface area contributed by atoms with Gasteiger partial charge in [0.25, 0.3) is 5.91 Å². The van der Waals surface area contributed by atoms with Gasteiger partial charge in [-0.25, -0.2) is 9.37 Å². The highest BCUT2D eigenvalue weighted by atomic mass is 19.1. The number of hydrogen-bond donors (Lipinski definition) is 1. The molecule has 2 aromatic heterocycles. The van der Waals surface area contributed by atoms with Crippen LogP contribution in [0.1, 0.15) is 23.1 Å². The molecule has 0 radical (unpaired) electrons. The summed E-state index contributed by atoms with van der Waals surface area (Å²) in [6.07, 6.45) is 4.86. The van der Waals surface area contributed by atoms with Gasteiger partial charge in [0.2, 0.25) is 5.88 Å². The topological polar surface area (TPSA) is 80.9 Å². The monoisotopic (exact) mass is 312 g/mol. The van der Waals surface area contributed by atoms with Crippen molar-refractivity contribution in [1.29, 1.82) is 0 Å². The van der Waals surface area contributed by atoms with Gasteiger partial charge in [0.15, 0.2) is 0 Å². The van der Waals surface area contributed by atoms with E-state index in [0.717, 1.165) is 0 Å². The molecule has 0 saturated carbocycles. The summed E-state index contributed by atoms with van der Waals surface area (Å²) >= 11 is 0. The Labute approximate surface area is 131 Å². The molecule has 23 heavy (non-hydrogen) atoms. The maximum atomic E-state index is 13.1. The Balaban J connectivity index is 1.96. The number of nitrogens with one attached hydrogen (secondary N) is 1. The summed E-state index contributed by atoms with van der Waals surface area (Å²) in [7, 11) is 0. The molecule has 1 amide bonds. The highest BCUT2D eigenvalue weighted by Crippen LogP contribution is 2.32. The van der Waals surface area contributed by atoms with E-state index in [-0.39, 0.29) is 17.4 Å². The zero-order valence-electron chi connectivity index (χ0n) is 12.3. The third-order valence-electron chi connectivity index (χ3n) is 3.25. The average Bonchev–Trinajstić information content (AvgIpc) is 2.99. The fourth-order valence-electron chi connectivity index (χ4n) is 2.15. The number of aromatic nitrogens is 3. The Morgan fingerprint density at radius 1 is 1.26 bits per heavy atom. The Hall–Kier alpha value is -3.09. The van der Waals surface area contributed by atoms with E-state index in [9.17, 15) is 9.18 Å². The van der Waals surface area contributed by atoms with Gasteiger partial charge in [-0.3, -0.25) is 15.1 Å². The standard InChI is InChI=1S/C16H13FN4O2/c1-2-12-14(10-3-5-11(17)6-4-10)16(23-21-12)20-15(22)13-9-18-7-8-19-13/h3-9H,2H2,1H3,(H,20,22). The number of halogens is 1. The van der Waals surface area contributed by atoms with Crippen LogP contribution in [0.3, 0.4) is 0 Å². The van der Waals surface area contributed by atoms with Gasteiger partial charge < -0.3 is 4.52 Å². The number of aryl methyl sites for hydroxylation is 1. The van der Waals surface area contributed by atoms with Crippen LogP contribution in [0.2, 0.25) is 0 Å². The lowest BCUT2D eigenvalue weighted by atomic mass is 10.0. The van der Waals surface area contributed by atoms with E-state index in [1.807, 2.05) is 6.92 Å². The van der Waals surface area contributed by atoms with Gasteiger partial charge in [-0.05, 0) is 24.1 Å². The summed E-state index contributed by atoms with van der Waals surface area (Å²) in [5, 5.41) is 6.59. The smallest absolute Gasteiger partial charge is 0.278 e. The second-order valence-corrected chi connectivity index (χ2v) is 4.74. The van der Waals surface area contributed by atoms with Crippen LogP contribution in [-0.2, 0) is 6.42 Å². The molecule has 0 aliphatic heterocycles. The molecule has 6 nitrogen and oxygen atoms in total. The van der Waals surface area contributed by atoms with Crippen LogP contribution in [0, 0.1) is 5.82 Å². The number of amides is 1. The molecule has 2 heterocycles. The van der Waals surface area contributed by atoms with Gasteiger partial charge in [0.1, 0.15) is 11.5 Å². The normalized spacial score (nSPS) is 10.5. The summed E-state index contributed by atoms with van der Waals surface area (Å²) in [6.45, 7) is 1.92. The van der Waals surface area contributed by atoms with Crippen LogP contribution in [-0.4, -0.2) is 21.0 Å². The molecule has 7 heteroatoms. The van der Waals surface area contributed by atoms with Crippen molar-refractivity contribution in [3.05, 3.63) is 60.1 Å². The molecule has 0 unspecified atom stereocenters. The van der Waals surface area contributed by atoms with Crippen LogP contribution in [0.4, 0.5) is 10.3 Å². The van der Waals surface area contributed by atoms with E-state index < -0.39 is 5.91 Å².